The topological polar surface area (TPSA) is 57.9 Å². The molecule has 0 saturated heterocycles. The SMILES string of the molecule is O=c1[nH]c2ccc(C=C3c4cc(Cl)ccc4COc4ccccc43)cc2[nH]1. The van der Waals surface area contributed by atoms with Crippen LogP contribution in [0.1, 0.15) is 22.3 Å². The number of imidazole rings is 1. The van der Waals surface area contributed by atoms with Crippen molar-refractivity contribution in [1.82, 2.24) is 9.97 Å². The molecule has 27 heavy (non-hydrogen) atoms. The third-order valence-corrected chi connectivity index (χ3v) is 5.01. The van der Waals surface area contributed by atoms with Crippen LogP contribution < -0.4 is 10.4 Å². The third kappa shape index (κ3) is 2.84. The highest BCUT2D eigenvalue weighted by Crippen LogP contribution is 2.38. The smallest absolute Gasteiger partial charge is 0.323 e. The van der Waals surface area contributed by atoms with Crippen LogP contribution in [0.25, 0.3) is 22.7 Å². The molecule has 1 aliphatic rings. The van der Waals surface area contributed by atoms with E-state index in [1.54, 1.807) is 0 Å². The van der Waals surface area contributed by atoms with Gasteiger partial charge in [-0.1, -0.05) is 41.9 Å². The van der Waals surface area contributed by atoms with Crippen molar-refractivity contribution in [2.75, 3.05) is 0 Å². The van der Waals surface area contributed by atoms with Crippen LogP contribution in [0.2, 0.25) is 5.02 Å². The van der Waals surface area contributed by atoms with Gasteiger partial charge in [0.1, 0.15) is 12.4 Å². The Kier molecular flexibility index (Phi) is 3.66. The summed E-state index contributed by atoms with van der Waals surface area (Å²) in [6, 6.07) is 19.7. The molecule has 1 aromatic heterocycles. The number of halogens is 1. The van der Waals surface area contributed by atoms with Crippen LogP contribution in [0.15, 0.2) is 65.5 Å². The summed E-state index contributed by atoms with van der Waals surface area (Å²) in [5, 5.41) is 0.685. The summed E-state index contributed by atoms with van der Waals surface area (Å²) >= 11 is 6.29. The maximum atomic E-state index is 11.5. The third-order valence-electron chi connectivity index (χ3n) is 4.77. The van der Waals surface area contributed by atoms with E-state index < -0.39 is 0 Å². The molecule has 0 radical (unpaired) electrons. The highest BCUT2D eigenvalue weighted by Gasteiger charge is 2.19. The van der Waals surface area contributed by atoms with Crippen molar-refractivity contribution in [3.63, 3.8) is 0 Å². The van der Waals surface area contributed by atoms with E-state index in [4.69, 9.17) is 16.3 Å². The average molecular weight is 375 g/mol. The summed E-state index contributed by atoms with van der Waals surface area (Å²) in [5.74, 6) is 0.840. The molecule has 5 rings (SSSR count). The number of aromatic nitrogens is 2. The van der Waals surface area contributed by atoms with Crippen molar-refractivity contribution in [2.45, 2.75) is 6.61 Å². The predicted octanol–water partition coefficient (Wildman–Crippen LogP) is 4.99. The lowest BCUT2D eigenvalue weighted by atomic mass is 9.92. The summed E-state index contributed by atoms with van der Waals surface area (Å²) < 4.78 is 6.02. The molecule has 4 aromatic rings. The predicted molar refractivity (Wildman–Crippen MR) is 108 cm³/mol. The van der Waals surface area contributed by atoms with E-state index in [1.807, 2.05) is 60.7 Å². The van der Waals surface area contributed by atoms with Crippen LogP contribution in [0.3, 0.4) is 0 Å². The maximum absolute atomic E-state index is 11.5. The van der Waals surface area contributed by atoms with Crippen molar-refractivity contribution < 1.29 is 4.74 Å². The molecule has 0 aliphatic carbocycles. The molecule has 0 spiro atoms. The Morgan fingerprint density at radius 2 is 1.78 bits per heavy atom. The molecule has 2 N–H and O–H groups in total. The minimum Gasteiger partial charge on any atom is -0.488 e. The average Bonchev–Trinajstić information content (AvgIpc) is 2.97. The Bertz CT molecular complexity index is 1270. The number of para-hydroxylation sites is 1. The number of aromatic amines is 2. The van der Waals surface area contributed by atoms with Crippen molar-refractivity contribution in [3.8, 4) is 5.75 Å². The first-order valence-corrected chi connectivity index (χ1v) is 9.00. The van der Waals surface area contributed by atoms with E-state index in [2.05, 4.69) is 16.0 Å². The number of hydrogen-bond donors (Lipinski definition) is 2. The molecule has 1 aliphatic heterocycles. The molecule has 132 valence electrons. The van der Waals surface area contributed by atoms with E-state index in [0.717, 1.165) is 44.6 Å². The van der Waals surface area contributed by atoms with Gasteiger partial charge < -0.3 is 14.7 Å². The van der Waals surface area contributed by atoms with Gasteiger partial charge in [-0.05, 0) is 58.7 Å². The highest BCUT2D eigenvalue weighted by molar-refractivity contribution is 6.30. The highest BCUT2D eigenvalue weighted by atomic mass is 35.5. The summed E-state index contributed by atoms with van der Waals surface area (Å²) in [5.41, 5.74) is 6.52. The van der Waals surface area contributed by atoms with Gasteiger partial charge in [-0.25, -0.2) is 4.79 Å². The molecule has 4 nitrogen and oxygen atoms in total. The van der Waals surface area contributed by atoms with Crippen molar-refractivity contribution >= 4 is 34.3 Å². The van der Waals surface area contributed by atoms with E-state index in [9.17, 15) is 4.79 Å². The maximum Gasteiger partial charge on any atom is 0.323 e. The van der Waals surface area contributed by atoms with E-state index in [-0.39, 0.29) is 5.69 Å². The fourth-order valence-corrected chi connectivity index (χ4v) is 3.68. The molecule has 0 atom stereocenters. The molecular weight excluding hydrogens is 360 g/mol. The Morgan fingerprint density at radius 1 is 0.926 bits per heavy atom. The van der Waals surface area contributed by atoms with Crippen LogP contribution >= 0.6 is 11.6 Å². The van der Waals surface area contributed by atoms with Crippen molar-refractivity contribution in [1.29, 1.82) is 0 Å². The molecule has 5 heteroatoms. The Balaban J connectivity index is 1.76. The van der Waals surface area contributed by atoms with Gasteiger partial charge in [0.15, 0.2) is 0 Å². The van der Waals surface area contributed by atoms with Gasteiger partial charge in [-0.2, -0.15) is 0 Å². The largest absolute Gasteiger partial charge is 0.488 e. The zero-order valence-corrected chi connectivity index (χ0v) is 15.0. The van der Waals surface area contributed by atoms with Crippen LogP contribution in [-0.4, -0.2) is 9.97 Å². The quantitative estimate of drug-likeness (QED) is 0.493. The Labute approximate surface area is 160 Å². The number of nitrogens with one attached hydrogen (secondary N) is 2. The van der Waals surface area contributed by atoms with Crippen molar-refractivity contribution in [3.05, 3.63) is 98.4 Å². The molecule has 0 amide bonds. The van der Waals surface area contributed by atoms with Gasteiger partial charge in [-0.3, -0.25) is 0 Å². The van der Waals surface area contributed by atoms with Crippen molar-refractivity contribution in [2.24, 2.45) is 0 Å². The lowest BCUT2D eigenvalue weighted by Gasteiger charge is -2.11. The van der Waals surface area contributed by atoms with Gasteiger partial charge in [0.05, 0.1) is 11.0 Å². The van der Waals surface area contributed by atoms with Gasteiger partial charge in [-0.15, -0.1) is 0 Å². The van der Waals surface area contributed by atoms with E-state index >= 15 is 0 Å². The Hall–Kier alpha value is -3.24. The molecular formula is C22H15ClN2O2. The molecule has 0 saturated carbocycles. The summed E-state index contributed by atoms with van der Waals surface area (Å²) in [6.07, 6.45) is 2.10. The first kappa shape index (κ1) is 16.0. The number of fused-ring (bicyclic) bond motifs is 3. The summed E-state index contributed by atoms with van der Waals surface area (Å²) in [4.78, 5) is 17.1. The number of H-pyrrole nitrogens is 2. The summed E-state index contributed by atoms with van der Waals surface area (Å²) in [7, 11) is 0. The molecule has 0 unspecified atom stereocenters. The minimum absolute atomic E-state index is 0.208. The zero-order chi connectivity index (χ0) is 18.4. The monoisotopic (exact) mass is 374 g/mol. The van der Waals surface area contributed by atoms with E-state index in [0.29, 0.717) is 11.6 Å². The minimum atomic E-state index is -0.208. The van der Waals surface area contributed by atoms with Gasteiger partial charge in [0.25, 0.3) is 0 Å². The van der Waals surface area contributed by atoms with Crippen LogP contribution in [0, 0.1) is 0 Å². The molecule has 0 fully saturated rings. The molecule has 3 aromatic carbocycles. The zero-order valence-electron chi connectivity index (χ0n) is 14.3. The second kappa shape index (κ2) is 6.18. The van der Waals surface area contributed by atoms with Crippen LogP contribution in [0.4, 0.5) is 0 Å². The number of benzene rings is 3. The number of hydrogen-bond acceptors (Lipinski definition) is 2. The first-order valence-electron chi connectivity index (χ1n) is 8.62. The Morgan fingerprint density at radius 3 is 2.70 bits per heavy atom. The fraction of sp³-hybridized carbons (Fsp3) is 0.0455. The van der Waals surface area contributed by atoms with Crippen LogP contribution in [0.5, 0.6) is 5.75 Å². The van der Waals surface area contributed by atoms with E-state index in [1.165, 1.54) is 0 Å². The van der Waals surface area contributed by atoms with Gasteiger partial charge >= 0.3 is 5.69 Å². The molecule has 0 bridgehead atoms. The standard InChI is InChI=1S/C22H15ClN2O2/c23-15-7-6-14-12-27-21-4-2-1-3-16(21)18(17(14)11-15)9-13-5-8-19-20(10-13)25-22(26)24-19/h1-11H,12H2,(H2,24,25,26). The van der Waals surface area contributed by atoms with Crippen LogP contribution in [-0.2, 0) is 6.61 Å². The first-order chi connectivity index (χ1) is 13.2. The normalized spacial score (nSPS) is 14.5. The number of ether oxygens (including phenoxy) is 1. The fourth-order valence-electron chi connectivity index (χ4n) is 3.50. The molecule has 2 heterocycles. The lowest BCUT2D eigenvalue weighted by molar-refractivity contribution is 0.307. The lowest BCUT2D eigenvalue weighted by Crippen LogP contribution is -1.99. The second-order valence-corrected chi connectivity index (χ2v) is 6.96. The summed E-state index contributed by atoms with van der Waals surface area (Å²) in [6.45, 7) is 0.491. The van der Waals surface area contributed by atoms with Gasteiger partial charge in [0, 0.05) is 10.6 Å². The second-order valence-electron chi connectivity index (χ2n) is 6.53. The number of rotatable bonds is 1. The van der Waals surface area contributed by atoms with Gasteiger partial charge in [0.2, 0.25) is 0 Å².